The number of alkyl halides is 3. The number of rotatable bonds is 6. The van der Waals surface area contributed by atoms with Crippen LogP contribution in [0.2, 0.25) is 0 Å². The van der Waals surface area contributed by atoms with Gasteiger partial charge in [0.15, 0.2) is 5.78 Å². The first-order valence-corrected chi connectivity index (χ1v) is 7.18. The van der Waals surface area contributed by atoms with E-state index in [2.05, 4.69) is 0 Å². The molecule has 0 heterocycles. The summed E-state index contributed by atoms with van der Waals surface area (Å²) in [5.41, 5.74) is 0.124. The van der Waals surface area contributed by atoms with Crippen molar-refractivity contribution in [3.63, 3.8) is 0 Å². The Morgan fingerprint density at radius 1 is 1.24 bits per heavy atom. The highest BCUT2D eigenvalue weighted by atomic mass is 32.2. The molecule has 0 saturated heterocycles. The van der Waals surface area contributed by atoms with Gasteiger partial charge >= 0.3 is 6.18 Å². The summed E-state index contributed by atoms with van der Waals surface area (Å²) < 4.78 is 43.6. The minimum atomic E-state index is -4.72. The minimum absolute atomic E-state index is 0.124. The first kappa shape index (κ1) is 17.6. The quantitative estimate of drug-likeness (QED) is 0.749. The molecule has 0 aliphatic heterocycles. The van der Waals surface area contributed by atoms with Crippen LogP contribution in [0, 0.1) is 5.92 Å². The topological polar surface area (TPSA) is 43.4 Å². The molecule has 21 heavy (non-hydrogen) atoms. The van der Waals surface area contributed by atoms with E-state index in [1.807, 2.05) is 0 Å². The molecule has 0 radical (unpaired) electrons. The molecule has 0 aromatic heterocycles. The Hall–Kier alpha value is -1.50. The Balaban J connectivity index is 2.87. The Morgan fingerprint density at radius 3 is 2.24 bits per heavy atom. The number of halogens is 3. The average Bonchev–Trinajstić information content (AvgIpc) is 2.43. The van der Waals surface area contributed by atoms with Gasteiger partial charge in [0.1, 0.15) is 11.7 Å². The third kappa shape index (κ3) is 5.08. The van der Waals surface area contributed by atoms with Gasteiger partial charge in [-0.2, -0.15) is 13.2 Å². The fourth-order valence-corrected chi connectivity index (χ4v) is 2.36. The van der Waals surface area contributed by atoms with Crippen molar-refractivity contribution < 1.29 is 27.5 Å². The summed E-state index contributed by atoms with van der Waals surface area (Å²) in [6.07, 6.45) is -5.59. The summed E-state index contributed by atoms with van der Waals surface area (Å²) in [6.45, 7) is 1.58. The van der Waals surface area contributed by atoms with Crippen LogP contribution in [0.5, 0.6) is 5.75 Å². The molecule has 0 aliphatic rings. The van der Waals surface area contributed by atoms with E-state index in [0.29, 0.717) is 17.5 Å². The van der Waals surface area contributed by atoms with Crippen LogP contribution < -0.4 is 4.74 Å². The number of hydrogen-bond donors (Lipinski definition) is 0. The highest BCUT2D eigenvalue weighted by Crippen LogP contribution is 2.33. The van der Waals surface area contributed by atoms with Crippen LogP contribution in [0.1, 0.15) is 23.7 Å². The molecule has 7 heteroatoms. The summed E-state index contributed by atoms with van der Waals surface area (Å²) >= 11 is 0.578. The fourth-order valence-electron chi connectivity index (χ4n) is 1.66. The average molecular weight is 320 g/mol. The van der Waals surface area contributed by atoms with E-state index in [1.165, 1.54) is 31.4 Å². The summed E-state index contributed by atoms with van der Waals surface area (Å²) in [4.78, 5) is 23.4. The van der Waals surface area contributed by atoms with Gasteiger partial charge in [-0.15, -0.1) is 0 Å². The van der Waals surface area contributed by atoms with Gasteiger partial charge in [-0.1, -0.05) is 18.7 Å². The van der Waals surface area contributed by atoms with Crippen molar-refractivity contribution in [3.05, 3.63) is 29.8 Å². The molecule has 0 N–H and O–H groups in total. The lowest BCUT2D eigenvalue weighted by atomic mass is 9.98. The molecule has 1 rings (SSSR count). The standard InChI is InChI=1S/C14H15F3O3S/c1-3-21-13(19)11(14(15,16)17)8-12(18)9-4-6-10(20-2)7-5-9/h4-7,11H,3,8H2,1-2H3. The number of carbonyl (C=O) groups excluding carboxylic acids is 2. The van der Waals surface area contributed by atoms with Crippen molar-refractivity contribution in [1.29, 1.82) is 0 Å². The SMILES string of the molecule is CCSC(=O)C(CC(=O)c1ccc(OC)cc1)C(F)(F)F. The maximum Gasteiger partial charge on any atom is 0.399 e. The third-order valence-electron chi connectivity index (χ3n) is 2.77. The molecule has 116 valence electrons. The lowest BCUT2D eigenvalue weighted by Gasteiger charge is -2.17. The van der Waals surface area contributed by atoms with Crippen LogP contribution in [0.15, 0.2) is 24.3 Å². The zero-order chi connectivity index (χ0) is 16.0. The van der Waals surface area contributed by atoms with Gasteiger partial charge in [0.2, 0.25) is 5.12 Å². The van der Waals surface area contributed by atoms with Crippen molar-refractivity contribution in [2.24, 2.45) is 5.92 Å². The second-order valence-corrected chi connectivity index (χ2v) is 5.47. The maximum absolute atomic E-state index is 12.9. The molecule has 0 spiro atoms. The summed E-state index contributed by atoms with van der Waals surface area (Å²) in [5, 5.41) is -1.02. The van der Waals surface area contributed by atoms with Crippen LogP contribution in [-0.2, 0) is 4.79 Å². The van der Waals surface area contributed by atoms with Crippen LogP contribution in [0.4, 0.5) is 13.2 Å². The van der Waals surface area contributed by atoms with Gasteiger partial charge in [0, 0.05) is 12.0 Å². The normalized spacial score (nSPS) is 12.8. The van der Waals surface area contributed by atoms with E-state index in [9.17, 15) is 22.8 Å². The second kappa shape index (κ2) is 7.49. The van der Waals surface area contributed by atoms with Crippen LogP contribution in [0.25, 0.3) is 0 Å². The van der Waals surface area contributed by atoms with Crippen molar-refractivity contribution in [2.45, 2.75) is 19.5 Å². The minimum Gasteiger partial charge on any atom is -0.497 e. The molecule has 1 aromatic carbocycles. The number of Topliss-reactive ketones (excluding diaryl/α,β-unsaturated/α-hetero) is 1. The molecule has 0 saturated carbocycles. The Morgan fingerprint density at radius 2 is 1.81 bits per heavy atom. The lowest BCUT2D eigenvalue weighted by Crippen LogP contribution is -2.31. The third-order valence-corrected chi connectivity index (χ3v) is 3.63. The largest absolute Gasteiger partial charge is 0.497 e. The first-order valence-electron chi connectivity index (χ1n) is 6.20. The number of thioether (sulfide) groups is 1. The van der Waals surface area contributed by atoms with Crippen molar-refractivity contribution in [2.75, 3.05) is 12.9 Å². The summed E-state index contributed by atoms with van der Waals surface area (Å²) in [6, 6.07) is 5.73. The fraction of sp³-hybridized carbons (Fsp3) is 0.429. The summed E-state index contributed by atoms with van der Waals surface area (Å²) in [5.74, 6) is -2.25. The van der Waals surface area contributed by atoms with Crippen molar-refractivity contribution in [3.8, 4) is 5.75 Å². The molecule has 0 amide bonds. The smallest absolute Gasteiger partial charge is 0.399 e. The van der Waals surface area contributed by atoms with Crippen LogP contribution in [0.3, 0.4) is 0 Å². The molecule has 3 nitrogen and oxygen atoms in total. The van der Waals surface area contributed by atoms with Crippen LogP contribution in [-0.4, -0.2) is 29.9 Å². The van der Waals surface area contributed by atoms with E-state index in [1.54, 1.807) is 6.92 Å². The zero-order valence-corrected chi connectivity index (χ0v) is 12.4. The highest BCUT2D eigenvalue weighted by Gasteiger charge is 2.45. The number of methoxy groups -OCH3 is 1. The Bertz CT molecular complexity index is 497. The Labute approximate surface area is 124 Å². The van der Waals surface area contributed by atoms with Crippen LogP contribution >= 0.6 is 11.8 Å². The van der Waals surface area contributed by atoms with E-state index in [-0.39, 0.29) is 11.3 Å². The van der Waals surface area contributed by atoms with Gasteiger partial charge in [0.25, 0.3) is 0 Å². The Kier molecular flexibility index (Phi) is 6.26. The first-order chi connectivity index (χ1) is 9.79. The summed E-state index contributed by atoms with van der Waals surface area (Å²) in [7, 11) is 1.44. The van der Waals surface area contributed by atoms with Crippen molar-refractivity contribution >= 4 is 22.7 Å². The molecule has 1 aromatic rings. The van der Waals surface area contributed by atoms with Gasteiger partial charge in [-0.25, -0.2) is 0 Å². The molecule has 1 atom stereocenters. The number of ketones is 1. The molecular weight excluding hydrogens is 305 g/mol. The van der Waals surface area contributed by atoms with Crippen molar-refractivity contribution in [1.82, 2.24) is 0 Å². The monoisotopic (exact) mass is 320 g/mol. The zero-order valence-electron chi connectivity index (χ0n) is 11.6. The van der Waals surface area contributed by atoms with E-state index >= 15 is 0 Å². The molecule has 0 aliphatic carbocycles. The van der Waals surface area contributed by atoms with Gasteiger partial charge in [-0.3, -0.25) is 9.59 Å². The van der Waals surface area contributed by atoms with E-state index in [4.69, 9.17) is 4.74 Å². The molecule has 0 bridgehead atoms. The predicted molar refractivity (Wildman–Crippen MR) is 74.6 cm³/mol. The van der Waals surface area contributed by atoms with E-state index in [0.717, 1.165) is 0 Å². The number of ether oxygens (including phenoxy) is 1. The number of carbonyl (C=O) groups is 2. The molecular formula is C14H15F3O3S. The predicted octanol–water partition coefficient (Wildman–Crippen LogP) is 3.73. The highest BCUT2D eigenvalue weighted by molar-refractivity contribution is 8.13. The number of hydrogen-bond acceptors (Lipinski definition) is 4. The lowest BCUT2D eigenvalue weighted by molar-refractivity contribution is -0.175. The molecule has 0 fully saturated rings. The van der Waals surface area contributed by atoms with E-state index < -0.39 is 29.4 Å². The van der Waals surface area contributed by atoms with Gasteiger partial charge in [-0.05, 0) is 30.0 Å². The van der Waals surface area contributed by atoms with Gasteiger partial charge < -0.3 is 4.74 Å². The van der Waals surface area contributed by atoms with Gasteiger partial charge in [0.05, 0.1) is 7.11 Å². The number of benzene rings is 1. The molecule has 1 unspecified atom stereocenters. The maximum atomic E-state index is 12.9. The second-order valence-electron chi connectivity index (χ2n) is 4.20.